The second-order valence-electron chi connectivity index (χ2n) is 9.15. The Morgan fingerprint density at radius 3 is 1.80 bits per heavy atom. The Morgan fingerprint density at radius 2 is 1.25 bits per heavy atom. The molecule has 5 rings (SSSR count). The van der Waals surface area contributed by atoms with E-state index in [-0.39, 0.29) is 57.5 Å². The van der Waals surface area contributed by atoms with E-state index in [0.717, 1.165) is 17.2 Å². The number of benzene rings is 5. The number of ether oxygens (including phenoxy) is 2. The molecule has 5 aromatic rings. The molecule has 0 aliphatic carbocycles. The van der Waals surface area contributed by atoms with E-state index in [2.05, 4.69) is 20.5 Å². The van der Waals surface area contributed by atoms with E-state index in [1.807, 2.05) is 6.07 Å². The molecule has 0 spiro atoms. The minimum atomic E-state index is -4.55. The third kappa shape index (κ3) is 6.82. The number of fused-ring (bicyclic) bond motifs is 1. The van der Waals surface area contributed by atoms with Gasteiger partial charge in [-0.25, -0.2) is 0 Å². The van der Waals surface area contributed by atoms with Gasteiger partial charge in [-0.05, 0) is 65.7 Å². The summed E-state index contributed by atoms with van der Waals surface area (Å²) in [5, 5.41) is 38.9. The molecule has 0 saturated carbocycles. The molecule has 0 saturated heterocycles. The van der Waals surface area contributed by atoms with Gasteiger partial charge in [0.05, 0.1) is 25.3 Å². The van der Waals surface area contributed by atoms with Crippen LogP contribution in [0.2, 0.25) is 0 Å². The SMILES string of the molecule is COc1cc(-c2ccc(N=Nc3ccc4c(S(=O)(=O)O)ccc(N)c4c3O)c(OC)c2)ccc1N=Nc1ccc([O-])cc1.[Na+]. The fraction of sp³-hybridized carbons (Fsp3) is 0.0667. The van der Waals surface area contributed by atoms with E-state index in [4.69, 9.17) is 15.2 Å². The molecule has 0 unspecified atom stereocenters. The van der Waals surface area contributed by atoms with Gasteiger partial charge in [0.1, 0.15) is 33.5 Å². The van der Waals surface area contributed by atoms with Crippen LogP contribution in [0.3, 0.4) is 0 Å². The Labute approximate surface area is 274 Å². The van der Waals surface area contributed by atoms with E-state index >= 15 is 0 Å². The molecule has 0 atom stereocenters. The third-order valence-electron chi connectivity index (χ3n) is 6.47. The first-order chi connectivity index (χ1) is 20.6. The topological polar surface area (TPSA) is 192 Å². The molecule has 0 bridgehead atoms. The van der Waals surface area contributed by atoms with Gasteiger partial charge in [-0.3, -0.25) is 4.55 Å². The molecular formula is C30H24N5NaO7S. The van der Waals surface area contributed by atoms with Crippen LogP contribution in [-0.4, -0.2) is 32.3 Å². The second-order valence-corrected chi connectivity index (χ2v) is 10.5. The maximum Gasteiger partial charge on any atom is 1.00 e. The van der Waals surface area contributed by atoms with Gasteiger partial charge in [-0.15, -0.1) is 21.1 Å². The van der Waals surface area contributed by atoms with Crippen LogP contribution in [0.1, 0.15) is 0 Å². The van der Waals surface area contributed by atoms with E-state index in [1.165, 1.54) is 44.6 Å². The van der Waals surface area contributed by atoms with E-state index < -0.39 is 20.8 Å². The van der Waals surface area contributed by atoms with E-state index in [1.54, 1.807) is 42.5 Å². The van der Waals surface area contributed by atoms with Crippen molar-refractivity contribution in [1.29, 1.82) is 0 Å². The third-order valence-corrected chi connectivity index (χ3v) is 7.38. The molecule has 12 nitrogen and oxygen atoms in total. The summed E-state index contributed by atoms with van der Waals surface area (Å²) in [4.78, 5) is -0.393. The van der Waals surface area contributed by atoms with Gasteiger partial charge < -0.3 is 25.4 Å². The average molecular weight is 622 g/mol. The average Bonchev–Trinajstić information content (AvgIpc) is 2.99. The molecular weight excluding hydrogens is 597 g/mol. The van der Waals surface area contributed by atoms with Gasteiger partial charge in [0, 0.05) is 11.1 Å². The van der Waals surface area contributed by atoms with Crippen molar-refractivity contribution in [1.82, 2.24) is 0 Å². The van der Waals surface area contributed by atoms with Crippen molar-refractivity contribution < 1.29 is 62.2 Å². The summed E-state index contributed by atoms with van der Waals surface area (Å²) in [5.74, 6) is 0.358. The number of phenols is 1. The minimum absolute atomic E-state index is 0. The smallest absolute Gasteiger partial charge is 0.872 e. The zero-order valence-corrected chi connectivity index (χ0v) is 26.6. The van der Waals surface area contributed by atoms with Gasteiger partial charge in [-0.2, -0.15) is 13.5 Å². The first-order valence-corrected chi connectivity index (χ1v) is 14.0. The van der Waals surface area contributed by atoms with Crippen molar-refractivity contribution in [3.8, 4) is 34.1 Å². The van der Waals surface area contributed by atoms with Crippen LogP contribution in [0.4, 0.5) is 28.4 Å². The second kappa shape index (κ2) is 13.4. The van der Waals surface area contributed by atoms with Crippen LogP contribution in [0.15, 0.2) is 110 Å². The zero-order valence-electron chi connectivity index (χ0n) is 23.8. The van der Waals surface area contributed by atoms with Gasteiger partial charge in [0.2, 0.25) is 0 Å². The van der Waals surface area contributed by atoms with Crippen LogP contribution in [0.25, 0.3) is 21.9 Å². The molecule has 0 aliphatic rings. The van der Waals surface area contributed by atoms with Gasteiger partial charge in [0.15, 0.2) is 5.75 Å². The van der Waals surface area contributed by atoms with Gasteiger partial charge >= 0.3 is 29.6 Å². The quantitative estimate of drug-likeness (QED) is 0.100. The molecule has 5 aromatic carbocycles. The van der Waals surface area contributed by atoms with E-state index in [0.29, 0.717) is 28.6 Å². The Balaban J connectivity index is 0.00000442. The first kappa shape index (κ1) is 32.4. The Hall–Kier alpha value is -4.53. The summed E-state index contributed by atoms with van der Waals surface area (Å²) in [6, 6.07) is 21.8. The largest absolute Gasteiger partial charge is 1.00 e. The van der Waals surface area contributed by atoms with Crippen LogP contribution in [0, 0.1) is 0 Å². The molecule has 14 heteroatoms. The maximum atomic E-state index is 11.8. The Kier molecular flexibility index (Phi) is 9.87. The van der Waals surface area contributed by atoms with Gasteiger partial charge in [-0.1, -0.05) is 30.3 Å². The monoisotopic (exact) mass is 621 g/mol. The number of azo groups is 2. The number of hydrogen-bond acceptors (Lipinski definition) is 11. The van der Waals surface area contributed by atoms with Crippen LogP contribution >= 0.6 is 0 Å². The summed E-state index contributed by atoms with van der Waals surface area (Å²) < 4.78 is 44.1. The standard InChI is InChI=1S/C30H25N5O7S.Na/c1-41-26-15-17(3-11-23(26)33-32-19-5-7-20(36)8-6-19)18-4-12-24(27(16-18)42-2)34-35-25-13-9-21-28(43(38,39)40)14-10-22(31)29(21)30(25)37;/h3-16,36-37H,31H2,1-2H3,(H,38,39,40);/q;+1/p-1. The molecule has 4 N–H and O–H groups in total. The summed E-state index contributed by atoms with van der Waals surface area (Å²) >= 11 is 0. The van der Waals surface area contributed by atoms with Crippen molar-refractivity contribution in [2.45, 2.75) is 4.90 Å². The van der Waals surface area contributed by atoms with Crippen LogP contribution in [0.5, 0.6) is 23.0 Å². The number of methoxy groups -OCH3 is 2. The molecule has 0 amide bonds. The molecule has 0 radical (unpaired) electrons. The first-order valence-electron chi connectivity index (χ1n) is 12.6. The van der Waals surface area contributed by atoms with Crippen molar-refractivity contribution in [2.24, 2.45) is 20.5 Å². The molecule has 44 heavy (non-hydrogen) atoms. The predicted octanol–water partition coefficient (Wildman–Crippen LogP) is 3.97. The molecule has 218 valence electrons. The molecule has 0 fully saturated rings. The fourth-order valence-corrected chi connectivity index (χ4v) is 5.02. The van der Waals surface area contributed by atoms with Crippen molar-refractivity contribution in [2.75, 3.05) is 20.0 Å². The fourth-order valence-electron chi connectivity index (χ4n) is 4.33. The minimum Gasteiger partial charge on any atom is -0.872 e. The summed E-state index contributed by atoms with van der Waals surface area (Å²) in [6.07, 6.45) is 0. The number of hydrogen-bond donors (Lipinski definition) is 3. The molecule has 0 aromatic heterocycles. The van der Waals surface area contributed by atoms with Crippen molar-refractivity contribution >= 4 is 49.3 Å². The molecule has 0 aliphatic heterocycles. The maximum absolute atomic E-state index is 11.8. The normalized spacial score (nSPS) is 11.6. The predicted molar refractivity (Wildman–Crippen MR) is 159 cm³/mol. The number of phenolic OH excluding ortho intramolecular Hbond substituents is 1. The number of nitrogens with two attached hydrogens (primary N) is 1. The number of nitrogen functional groups attached to an aromatic ring is 1. The summed E-state index contributed by atoms with van der Waals surface area (Å²) in [5.41, 5.74) is 9.06. The Morgan fingerprint density at radius 1 is 0.727 bits per heavy atom. The van der Waals surface area contributed by atoms with Gasteiger partial charge in [0.25, 0.3) is 10.1 Å². The van der Waals surface area contributed by atoms with Crippen LogP contribution in [-0.2, 0) is 10.1 Å². The Bertz CT molecular complexity index is 2020. The number of rotatable bonds is 8. The number of anilines is 1. The number of aromatic hydroxyl groups is 1. The summed E-state index contributed by atoms with van der Waals surface area (Å²) in [7, 11) is -1.55. The zero-order chi connectivity index (χ0) is 30.7. The van der Waals surface area contributed by atoms with Crippen molar-refractivity contribution in [3.05, 3.63) is 84.9 Å². The number of nitrogens with zero attached hydrogens (tertiary/aromatic N) is 4. The van der Waals surface area contributed by atoms with E-state index in [9.17, 15) is 23.2 Å². The van der Waals surface area contributed by atoms with Crippen LogP contribution < -0.4 is 49.9 Å². The summed E-state index contributed by atoms with van der Waals surface area (Å²) in [6.45, 7) is 0. The molecule has 0 heterocycles. The van der Waals surface area contributed by atoms with Crippen molar-refractivity contribution in [3.63, 3.8) is 0 Å².